The topological polar surface area (TPSA) is 69.1 Å². The number of hydrogen-bond donors (Lipinski definition) is 2. The summed E-state index contributed by atoms with van der Waals surface area (Å²) in [6.07, 6.45) is 8.62. The van der Waals surface area contributed by atoms with Crippen molar-refractivity contribution in [2.75, 3.05) is 13.1 Å². The molecule has 0 heterocycles. The first-order chi connectivity index (χ1) is 6.83. The second kappa shape index (κ2) is 18.4. The van der Waals surface area contributed by atoms with Crippen molar-refractivity contribution in [2.45, 2.75) is 51.9 Å². The van der Waals surface area contributed by atoms with Gasteiger partial charge in [-0.05, 0) is 32.4 Å². The van der Waals surface area contributed by atoms with Crippen molar-refractivity contribution in [3.63, 3.8) is 0 Å². The number of hydrogen-bond acceptors (Lipinski definition) is 3. The summed E-state index contributed by atoms with van der Waals surface area (Å²) in [6, 6.07) is 0. The minimum atomic E-state index is 0.744. The molecule has 3 heteroatoms. The maximum absolute atomic E-state index is 9.68. The number of rotatable bonds is 8. The average molecular weight is 202 g/mol. The van der Waals surface area contributed by atoms with Gasteiger partial charge in [0.25, 0.3) is 0 Å². The van der Waals surface area contributed by atoms with Gasteiger partial charge < -0.3 is 16.3 Å². The van der Waals surface area contributed by atoms with E-state index in [1.165, 1.54) is 19.3 Å². The zero-order chi connectivity index (χ0) is 11.1. The van der Waals surface area contributed by atoms with E-state index >= 15 is 0 Å². The quantitative estimate of drug-likeness (QED) is 0.466. The first-order valence-corrected chi connectivity index (χ1v) is 5.67. The lowest BCUT2D eigenvalue weighted by Crippen LogP contribution is -2.02. The van der Waals surface area contributed by atoms with E-state index in [0.29, 0.717) is 0 Å². The molecule has 0 aliphatic heterocycles. The molecule has 0 amide bonds. The third-order valence-corrected chi connectivity index (χ3v) is 1.83. The van der Waals surface area contributed by atoms with Crippen LogP contribution in [0.2, 0.25) is 0 Å². The van der Waals surface area contributed by atoms with Crippen molar-refractivity contribution in [2.24, 2.45) is 11.5 Å². The summed E-state index contributed by atoms with van der Waals surface area (Å²) in [5.74, 6) is 0. The van der Waals surface area contributed by atoms with E-state index in [2.05, 4.69) is 6.92 Å². The lowest BCUT2D eigenvalue weighted by Gasteiger charge is -1.91. The summed E-state index contributed by atoms with van der Waals surface area (Å²) in [4.78, 5) is 9.68. The van der Waals surface area contributed by atoms with Crippen LogP contribution in [0, 0.1) is 0 Å². The Kier molecular flexibility index (Phi) is 21.1. The van der Waals surface area contributed by atoms with Crippen LogP contribution in [0.3, 0.4) is 0 Å². The Bertz CT molecular complexity index is 93.3. The van der Waals surface area contributed by atoms with Crippen LogP contribution in [0.4, 0.5) is 0 Å². The Hall–Kier alpha value is -0.410. The highest BCUT2D eigenvalue weighted by atomic mass is 16.1. The molecule has 0 saturated heterocycles. The van der Waals surface area contributed by atoms with Crippen LogP contribution in [0.25, 0.3) is 0 Å². The third-order valence-electron chi connectivity index (χ3n) is 1.83. The van der Waals surface area contributed by atoms with E-state index in [-0.39, 0.29) is 0 Å². The highest BCUT2D eigenvalue weighted by Crippen LogP contribution is 1.94. The van der Waals surface area contributed by atoms with Gasteiger partial charge in [0.15, 0.2) is 0 Å². The highest BCUT2D eigenvalue weighted by molar-refractivity contribution is 5.48. The van der Waals surface area contributed by atoms with E-state index in [4.69, 9.17) is 11.5 Å². The molecule has 0 spiro atoms. The summed E-state index contributed by atoms with van der Waals surface area (Å²) in [6.45, 7) is 3.74. The normalized spacial score (nSPS) is 9.07. The molecule has 0 rings (SSSR count). The van der Waals surface area contributed by atoms with Crippen molar-refractivity contribution < 1.29 is 4.79 Å². The van der Waals surface area contributed by atoms with Gasteiger partial charge in [0, 0.05) is 6.42 Å². The Labute approximate surface area is 88.2 Å². The fourth-order valence-electron chi connectivity index (χ4n) is 0.943. The molecule has 0 aliphatic carbocycles. The average Bonchev–Trinajstić information content (AvgIpc) is 2.21. The van der Waals surface area contributed by atoms with Crippen LogP contribution >= 0.6 is 0 Å². The van der Waals surface area contributed by atoms with Gasteiger partial charge in [-0.1, -0.05) is 26.2 Å². The van der Waals surface area contributed by atoms with Crippen LogP contribution in [0.1, 0.15) is 51.9 Å². The smallest absolute Gasteiger partial charge is 0.119 e. The minimum Gasteiger partial charge on any atom is -0.330 e. The second-order valence-electron chi connectivity index (χ2n) is 3.30. The van der Waals surface area contributed by atoms with Crippen molar-refractivity contribution in [1.82, 2.24) is 0 Å². The molecule has 0 aromatic rings. The first kappa shape index (κ1) is 16.0. The second-order valence-corrected chi connectivity index (χ2v) is 3.30. The summed E-state index contributed by atoms with van der Waals surface area (Å²) in [7, 11) is 0. The summed E-state index contributed by atoms with van der Waals surface area (Å²) >= 11 is 0. The molecule has 0 atom stereocenters. The Morgan fingerprint density at radius 1 is 0.929 bits per heavy atom. The number of carbonyl (C=O) groups excluding carboxylic acids is 1. The number of carbonyl (C=O) groups is 1. The van der Waals surface area contributed by atoms with Crippen LogP contribution in [0.5, 0.6) is 0 Å². The van der Waals surface area contributed by atoms with Gasteiger partial charge in [0.1, 0.15) is 6.29 Å². The van der Waals surface area contributed by atoms with Gasteiger partial charge in [0.2, 0.25) is 0 Å². The molecule has 0 aromatic carbocycles. The van der Waals surface area contributed by atoms with Crippen molar-refractivity contribution >= 4 is 6.29 Å². The molecule has 0 saturated carbocycles. The first-order valence-electron chi connectivity index (χ1n) is 5.67. The van der Waals surface area contributed by atoms with Crippen molar-refractivity contribution in [1.29, 1.82) is 0 Å². The molecule has 0 bridgehead atoms. The maximum Gasteiger partial charge on any atom is 0.119 e. The molecular weight excluding hydrogens is 176 g/mol. The van der Waals surface area contributed by atoms with Crippen LogP contribution in [0.15, 0.2) is 0 Å². The Balaban J connectivity index is 0. The summed E-state index contributed by atoms with van der Waals surface area (Å²) < 4.78 is 0. The van der Waals surface area contributed by atoms with Gasteiger partial charge >= 0.3 is 0 Å². The molecule has 86 valence electrons. The largest absolute Gasteiger partial charge is 0.330 e. The standard InChI is InChI=1S/C6H12O.C5H14N2/c1-2-3-4-5-6-7;6-4-2-1-3-5-7/h6H,2-5H2,1H3;1-7H2. The van der Waals surface area contributed by atoms with E-state index in [1.54, 1.807) is 0 Å². The fourth-order valence-corrected chi connectivity index (χ4v) is 0.943. The molecular formula is C11H26N2O. The predicted octanol–water partition coefficient (Wildman–Crippen LogP) is 1.84. The lowest BCUT2D eigenvalue weighted by molar-refractivity contribution is -0.107. The number of unbranched alkanes of at least 4 members (excludes halogenated alkanes) is 5. The Morgan fingerprint density at radius 3 is 1.86 bits per heavy atom. The zero-order valence-electron chi connectivity index (χ0n) is 9.50. The maximum atomic E-state index is 9.68. The van der Waals surface area contributed by atoms with E-state index < -0.39 is 0 Å². The van der Waals surface area contributed by atoms with E-state index in [1.807, 2.05) is 0 Å². The van der Waals surface area contributed by atoms with Crippen LogP contribution < -0.4 is 11.5 Å². The summed E-state index contributed by atoms with van der Waals surface area (Å²) in [5.41, 5.74) is 10.5. The molecule has 4 N–H and O–H groups in total. The molecule has 0 aliphatic rings. The Morgan fingerprint density at radius 2 is 1.50 bits per heavy atom. The molecule has 3 nitrogen and oxygen atoms in total. The zero-order valence-corrected chi connectivity index (χ0v) is 9.50. The molecule has 0 unspecified atom stereocenters. The monoisotopic (exact) mass is 202 g/mol. The van der Waals surface area contributed by atoms with Gasteiger partial charge in [-0.25, -0.2) is 0 Å². The molecule has 14 heavy (non-hydrogen) atoms. The summed E-state index contributed by atoms with van der Waals surface area (Å²) in [5, 5.41) is 0. The highest BCUT2D eigenvalue weighted by Gasteiger charge is 1.80. The van der Waals surface area contributed by atoms with Crippen molar-refractivity contribution in [3.05, 3.63) is 0 Å². The predicted molar refractivity (Wildman–Crippen MR) is 62.2 cm³/mol. The van der Waals surface area contributed by atoms with Crippen molar-refractivity contribution in [3.8, 4) is 0 Å². The molecule has 0 radical (unpaired) electrons. The minimum absolute atomic E-state index is 0.744. The van der Waals surface area contributed by atoms with Gasteiger partial charge in [-0.2, -0.15) is 0 Å². The van der Waals surface area contributed by atoms with Crippen LogP contribution in [-0.4, -0.2) is 19.4 Å². The van der Waals surface area contributed by atoms with Gasteiger partial charge in [0.05, 0.1) is 0 Å². The van der Waals surface area contributed by atoms with Crippen LogP contribution in [-0.2, 0) is 4.79 Å². The van der Waals surface area contributed by atoms with Gasteiger partial charge in [-0.15, -0.1) is 0 Å². The van der Waals surface area contributed by atoms with E-state index in [9.17, 15) is 4.79 Å². The van der Waals surface area contributed by atoms with Gasteiger partial charge in [-0.3, -0.25) is 0 Å². The lowest BCUT2D eigenvalue weighted by atomic mass is 10.2. The number of aldehydes is 1. The molecule has 0 aromatic heterocycles. The fraction of sp³-hybridized carbons (Fsp3) is 0.909. The van der Waals surface area contributed by atoms with E-state index in [0.717, 1.165) is 45.1 Å². The number of nitrogens with two attached hydrogens (primary N) is 2. The third kappa shape index (κ3) is 22.6. The molecule has 0 fully saturated rings. The SMILES string of the molecule is CCCCCC=O.NCCCCCN.